The molecule has 3 aromatic rings. The number of esters is 1. The predicted octanol–water partition coefficient (Wildman–Crippen LogP) is 5.63. The molecule has 1 aliphatic rings. The smallest absolute Gasteiger partial charge is 0.330 e. The van der Waals surface area contributed by atoms with Crippen LogP contribution in [-0.2, 0) is 14.3 Å². The van der Waals surface area contributed by atoms with Crippen LogP contribution in [-0.4, -0.2) is 82.0 Å². The van der Waals surface area contributed by atoms with Crippen molar-refractivity contribution in [2.75, 3.05) is 66.3 Å². The number of allylic oxidation sites excluding steroid dienone is 2. The first-order valence-electron chi connectivity index (χ1n) is 14.6. The molecule has 222 valence electrons. The third-order valence-electron chi connectivity index (χ3n) is 7.15. The van der Waals surface area contributed by atoms with Crippen LogP contribution < -0.4 is 9.47 Å². The number of ether oxygens (including phenoxy) is 4. The number of carbonyl (C=O) groups excluding carboxylic acids is 1. The molecule has 0 aliphatic carbocycles. The zero-order valence-electron chi connectivity index (χ0n) is 24.7. The maximum absolute atomic E-state index is 11.4. The molecule has 1 fully saturated rings. The molecule has 7 heteroatoms. The lowest BCUT2D eigenvalue weighted by atomic mass is 9.96. The molecule has 0 spiro atoms. The van der Waals surface area contributed by atoms with Crippen LogP contribution in [0.25, 0.3) is 6.08 Å². The van der Waals surface area contributed by atoms with E-state index in [0.29, 0.717) is 37.9 Å². The zero-order chi connectivity index (χ0) is 29.4. The number of hydrogen-bond acceptors (Lipinski definition) is 7. The van der Waals surface area contributed by atoms with Gasteiger partial charge in [0.05, 0.1) is 33.0 Å². The van der Waals surface area contributed by atoms with Gasteiger partial charge >= 0.3 is 5.97 Å². The van der Waals surface area contributed by atoms with E-state index in [1.807, 2.05) is 24.3 Å². The number of hydrogen-bond donors (Lipinski definition) is 0. The van der Waals surface area contributed by atoms with Crippen molar-refractivity contribution in [1.82, 2.24) is 9.80 Å². The summed E-state index contributed by atoms with van der Waals surface area (Å²) < 4.78 is 22.2. The van der Waals surface area contributed by atoms with Gasteiger partial charge in [0, 0.05) is 38.8 Å². The van der Waals surface area contributed by atoms with Gasteiger partial charge in [-0.25, -0.2) is 4.79 Å². The minimum absolute atomic E-state index is 0.276. The second-order valence-corrected chi connectivity index (χ2v) is 9.94. The molecule has 0 bridgehead atoms. The molecule has 4 rings (SSSR count). The maximum Gasteiger partial charge on any atom is 0.330 e. The van der Waals surface area contributed by atoms with Gasteiger partial charge in [0.15, 0.2) is 11.5 Å². The van der Waals surface area contributed by atoms with Crippen molar-refractivity contribution >= 4 is 12.0 Å². The Morgan fingerprint density at radius 2 is 1.52 bits per heavy atom. The summed E-state index contributed by atoms with van der Waals surface area (Å²) in [5.74, 6) is 0.959. The van der Waals surface area contributed by atoms with Crippen molar-refractivity contribution in [2.45, 2.75) is 13.0 Å². The normalized spacial score (nSPS) is 14.5. The summed E-state index contributed by atoms with van der Waals surface area (Å²) in [5, 5.41) is 0. The van der Waals surface area contributed by atoms with Crippen molar-refractivity contribution < 1.29 is 23.7 Å². The van der Waals surface area contributed by atoms with Crippen LogP contribution in [0.5, 0.6) is 11.5 Å². The summed E-state index contributed by atoms with van der Waals surface area (Å²) >= 11 is 0. The standard InChI is InChI=1S/C35H42N2O5/c1-3-41-34(38)17-11-10-12-29-18-19-32(33(28-29)39-2)42-27-26-40-25-24-36-20-22-37(23-21-36)35(30-13-6-4-7-14-30)31-15-8-5-9-16-31/h4-19,28,35H,3,20-27H2,1-2H3. The Morgan fingerprint density at radius 3 is 2.17 bits per heavy atom. The van der Waals surface area contributed by atoms with Crippen LogP contribution in [0.3, 0.4) is 0 Å². The van der Waals surface area contributed by atoms with E-state index in [9.17, 15) is 4.79 Å². The Balaban J connectivity index is 1.16. The monoisotopic (exact) mass is 570 g/mol. The average molecular weight is 571 g/mol. The van der Waals surface area contributed by atoms with Crippen molar-refractivity contribution in [2.24, 2.45) is 0 Å². The van der Waals surface area contributed by atoms with E-state index in [0.717, 1.165) is 38.3 Å². The lowest BCUT2D eigenvalue weighted by Gasteiger charge is -2.39. The Bertz CT molecular complexity index is 1230. The molecule has 42 heavy (non-hydrogen) atoms. The number of piperazine rings is 1. The Hall–Kier alpha value is -3.91. The minimum Gasteiger partial charge on any atom is -0.493 e. The maximum atomic E-state index is 11.4. The van der Waals surface area contributed by atoms with Gasteiger partial charge in [-0.05, 0) is 35.7 Å². The number of methoxy groups -OCH3 is 1. The molecule has 0 amide bonds. The molecule has 1 saturated heterocycles. The van der Waals surface area contributed by atoms with Crippen molar-refractivity contribution in [3.05, 3.63) is 114 Å². The van der Waals surface area contributed by atoms with Crippen LogP contribution in [0.1, 0.15) is 29.7 Å². The molecular weight excluding hydrogens is 528 g/mol. The lowest BCUT2D eigenvalue weighted by Crippen LogP contribution is -2.48. The molecule has 3 aromatic carbocycles. The first-order chi connectivity index (χ1) is 20.7. The lowest BCUT2D eigenvalue weighted by molar-refractivity contribution is -0.137. The number of nitrogens with zero attached hydrogens (tertiary/aromatic N) is 2. The van der Waals surface area contributed by atoms with Crippen molar-refractivity contribution in [3.63, 3.8) is 0 Å². The zero-order valence-corrected chi connectivity index (χ0v) is 24.7. The highest BCUT2D eigenvalue weighted by Crippen LogP contribution is 2.30. The summed E-state index contributed by atoms with van der Waals surface area (Å²) in [6.45, 7) is 8.74. The van der Waals surface area contributed by atoms with Crippen LogP contribution in [0.2, 0.25) is 0 Å². The summed E-state index contributed by atoms with van der Waals surface area (Å²) in [4.78, 5) is 16.4. The van der Waals surface area contributed by atoms with E-state index >= 15 is 0 Å². The quantitative estimate of drug-likeness (QED) is 0.102. The molecular formula is C35H42N2O5. The number of benzene rings is 3. The van der Waals surface area contributed by atoms with Crippen molar-refractivity contribution in [3.8, 4) is 11.5 Å². The fourth-order valence-corrected chi connectivity index (χ4v) is 5.03. The molecule has 1 heterocycles. The molecule has 0 unspecified atom stereocenters. The molecule has 7 nitrogen and oxygen atoms in total. The average Bonchev–Trinajstić information content (AvgIpc) is 3.03. The molecule has 0 radical (unpaired) electrons. The molecule has 1 aliphatic heterocycles. The third kappa shape index (κ3) is 9.58. The topological polar surface area (TPSA) is 60.5 Å². The highest BCUT2D eigenvalue weighted by Gasteiger charge is 2.26. The van der Waals surface area contributed by atoms with E-state index in [1.54, 1.807) is 26.2 Å². The SMILES string of the molecule is CCOC(=O)C=CC=Cc1ccc(OCCOCCN2CCN(C(c3ccccc3)c3ccccc3)CC2)c(OC)c1. The van der Waals surface area contributed by atoms with Gasteiger partial charge in [-0.15, -0.1) is 0 Å². The highest BCUT2D eigenvalue weighted by molar-refractivity contribution is 5.82. The Labute approximate surface area is 249 Å². The first kappa shape index (κ1) is 31.0. The second kappa shape index (κ2) is 17.1. The predicted molar refractivity (Wildman–Crippen MR) is 167 cm³/mol. The van der Waals surface area contributed by atoms with Crippen LogP contribution >= 0.6 is 0 Å². The van der Waals surface area contributed by atoms with E-state index in [1.165, 1.54) is 17.2 Å². The largest absolute Gasteiger partial charge is 0.493 e. The molecule has 0 aromatic heterocycles. The number of carbonyl (C=O) groups is 1. The van der Waals surface area contributed by atoms with Gasteiger partial charge in [-0.2, -0.15) is 0 Å². The van der Waals surface area contributed by atoms with Gasteiger partial charge in [0.2, 0.25) is 0 Å². The van der Waals surface area contributed by atoms with Gasteiger partial charge in [0.25, 0.3) is 0 Å². The summed E-state index contributed by atoms with van der Waals surface area (Å²) in [6, 6.07) is 27.6. The van der Waals surface area contributed by atoms with E-state index in [-0.39, 0.29) is 12.0 Å². The highest BCUT2D eigenvalue weighted by atomic mass is 16.5. The van der Waals surface area contributed by atoms with E-state index < -0.39 is 0 Å². The van der Waals surface area contributed by atoms with Gasteiger partial charge in [-0.3, -0.25) is 9.80 Å². The van der Waals surface area contributed by atoms with Crippen molar-refractivity contribution in [1.29, 1.82) is 0 Å². The minimum atomic E-state index is -0.357. The second-order valence-electron chi connectivity index (χ2n) is 9.94. The molecule has 0 saturated carbocycles. The number of rotatable bonds is 15. The van der Waals surface area contributed by atoms with E-state index in [2.05, 4.69) is 70.5 Å². The Kier molecular flexibility index (Phi) is 12.7. The van der Waals surface area contributed by atoms with Crippen LogP contribution in [0.15, 0.2) is 97.1 Å². The first-order valence-corrected chi connectivity index (χ1v) is 14.6. The van der Waals surface area contributed by atoms with Crippen LogP contribution in [0, 0.1) is 0 Å². The molecule has 0 N–H and O–H groups in total. The van der Waals surface area contributed by atoms with E-state index in [4.69, 9.17) is 18.9 Å². The fraction of sp³-hybridized carbons (Fsp3) is 0.343. The molecule has 0 atom stereocenters. The third-order valence-corrected chi connectivity index (χ3v) is 7.15. The van der Waals surface area contributed by atoms with Gasteiger partial charge < -0.3 is 18.9 Å². The summed E-state index contributed by atoms with van der Waals surface area (Å²) in [6.07, 6.45) is 6.71. The van der Waals surface area contributed by atoms with Gasteiger partial charge in [-0.1, -0.05) is 85.0 Å². The Morgan fingerprint density at radius 1 is 0.833 bits per heavy atom. The van der Waals surface area contributed by atoms with Crippen LogP contribution in [0.4, 0.5) is 0 Å². The van der Waals surface area contributed by atoms with Gasteiger partial charge in [0.1, 0.15) is 6.61 Å². The summed E-state index contributed by atoms with van der Waals surface area (Å²) in [7, 11) is 1.62. The fourth-order valence-electron chi connectivity index (χ4n) is 5.03. The summed E-state index contributed by atoms with van der Waals surface area (Å²) in [5.41, 5.74) is 3.61.